The zero-order chi connectivity index (χ0) is 18.4. The van der Waals surface area contributed by atoms with E-state index >= 15 is 0 Å². The number of methoxy groups -OCH3 is 1. The fraction of sp³-hybridized carbons (Fsp3) is 0.125. The molecule has 1 aromatic carbocycles. The van der Waals surface area contributed by atoms with Crippen molar-refractivity contribution in [2.45, 2.75) is 6.61 Å². The Labute approximate surface area is 140 Å². The molecular weight excluding hydrogens is 336 g/mol. The lowest BCUT2D eigenvalue weighted by Crippen LogP contribution is -2.05. The summed E-state index contributed by atoms with van der Waals surface area (Å²) in [7, 11) is 1.21. The van der Waals surface area contributed by atoms with E-state index in [2.05, 4.69) is 9.72 Å². The van der Waals surface area contributed by atoms with Gasteiger partial charge < -0.3 is 9.47 Å². The third-order valence-electron chi connectivity index (χ3n) is 3.09. The minimum atomic E-state index is -3.17. The molecule has 0 atom stereocenters. The Balaban J connectivity index is 2.61. The van der Waals surface area contributed by atoms with Crippen molar-refractivity contribution in [3.8, 4) is 17.6 Å². The van der Waals surface area contributed by atoms with E-state index in [1.54, 1.807) is 18.2 Å². The molecule has 0 amide bonds. The largest absolute Gasteiger partial charge is 0.493 e. The first kappa shape index (κ1) is 17.8. The monoisotopic (exact) mass is 347 g/mol. The number of nitro groups is 1. The number of alkyl halides is 2. The van der Waals surface area contributed by atoms with E-state index in [0.717, 1.165) is 12.1 Å². The van der Waals surface area contributed by atoms with Gasteiger partial charge in [-0.3, -0.25) is 15.1 Å². The highest BCUT2D eigenvalue weighted by molar-refractivity contribution is 5.90. The van der Waals surface area contributed by atoms with Gasteiger partial charge in [-0.2, -0.15) is 14.0 Å². The lowest BCUT2D eigenvalue weighted by molar-refractivity contribution is -0.385. The molecule has 1 heterocycles. The number of hydrogen-bond acceptors (Lipinski definition) is 6. The van der Waals surface area contributed by atoms with E-state index in [-0.39, 0.29) is 16.9 Å². The highest BCUT2D eigenvalue weighted by Gasteiger charge is 2.21. The topological polar surface area (TPSA) is 98.3 Å². The highest BCUT2D eigenvalue weighted by atomic mass is 19.3. The molecule has 0 aliphatic carbocycles. The zero-order valence-corrected chi connectivity index (χ0v) is 12.8. The van der Waals surface area contributed by atoms with Gasteiger partial charge in [0.05, 0.1) is 34.9 Å². The van der Waals surface area contributed by atoms with E-state index < -0.39 is 23.0 Å². The van der Waals surface area contributed by atoms with Crippen LogP contribution in [0.2, 0.25) is 0 Å². The second kappa shape index (κ2) is 7.83. The number of ether oxygens (including phenoxy) is 2. The Hall–Kier alpha value is -3.54. The molecule has 0 aliphatic heterocycles. The molecule has 128 valence electrons. The molecule has 0 saturated carbocycles. The van der Waals surface area contributed by atoms with Crippen LogP contribution in [0.4, 0.5) is 14.5 Å². The lowest BCUT2D eigenvalue weighted by atomic mass is 10.1. The van der Waals surface area contributed by atoms with Gasteiger partial charge in [0.1, 0.15) is 6.07 Å². The van der Waals surface area contributed by atoms with Crippen LogP contribution in [0.3, 0.4) is 0 Å². The minimum absolute atomic E-state index is 0.00864. The maximum Gasteiger partial charge on any atom is 0.387 e. The smallest absolute Gasteiger partial charge is 0.387 e. The number of nitro benzene ring substituents is 1. The summed E-state index contributed by atoms with van der Waals surface area (Å²) in [6, 6.07) is 8.74. The molecule has 0 radical (unpaired) electrons. The summed E-state index contributed by atoms with van der Waals surface area (Å²) in [5.74, 6) is -0.604. The quantitative estimate of drug-likeness (QED) is 0.449. The molecule has 2 aromatic rings. The molecule has 9 heteroatoms. The highest BCUT2D eigenvalue weighted by Crippen LogP contribution is 2.37. The number of aromatic nitrogens is 1. The van der Waals surface area contributed by atoms with Crippen LogP contribution in [0.1, 0.15) is 11.3 Å². The molecule has 0 unspecified atom stereocenters. The van der Waals surface area contributed by atoms with E-state index in [1.165, 1.54) is 19.4 Å². The number of benzene rings is 1. The summed E-state index contributed by atoms with van der Waals surface area (Å²) >= 11 is 0. The third kappa shape index (κ3) is 4.26. The summed E-state index contributed by atoms with van der Waals surface area (Å²) in [5, 5.41) is 20.5. The number of nitrogens with zero attached hydrogens (tertiary/aromatic N) is 3. The molecule has 0 spiro atoms. The van der Waals surface area contributed by atoms with Crippen molar-refractivity contribution < 1.29 is 23.2 Å². The number of allylic oxidation sites excluding steroid dienone is 1. The molecule has 0 N–H and O–H groups in total. The summed E-state index contributed by atoms with van der Waals surface area (Å²) < 4.78 is 34.1. The normalized spacial score (nSPS) is 11.1. The second-order valence-electron chi connectivity index (χ2n) is 4.58. The summed E-state index contributed by atoms with van der Waals surface area (Å²) in [5.41, 5.74) is -0.148. The Kier molecular flexibility index (Phi) is 5.58. The molecule has 7 nitrogen and oxygen atoms in total. The minimum Gasteiger partial charge on any atom is -0.493 e. The standard InChI is InChI=1S/C16H11F2N3O4/c1-24-14-7-10(6-11(9-19)12-4-2-3-5-20-12)13(21(22)23)8-15(14)25-16(17)18/h2-8,16H,1H3/b11-6+. The number of rotatable bonds is 6. The van der Waals surface area contributed by atoms with Gasteiger partial charge in [-0.05, 0) is 24.3 Å². The van der Waals surface area contributed by atoms with Crippen molar-refractivity contribution >= 4 is 17.3 Å². The Morgan fingerprint density at radius 3 is 2.68 bits per heavy atom. The van der Waals surface area contributed by atoms with Crippen molar-refractivity contribution in [3.05, 3.63) is 57.9 Å². The van der Waals surface area contributed by atoms with Gasteiger partial charge >= 0.3 is 6.61 Å². The van der Waals surface area contributed by atoms with Crippen molar-refractivity contribution in [1.82, 2.24) is 4.98 Å². The van der Waals surface area contributed by atoms with E-state index in [9.17, 15) is 24.2 Å². The zero-order valence-electron chi connectivity index (χ0n) is 12.8. The number of halogens is 2. The Morgan fingerprint density at radius 1 is 1.40 bits per heavy atom. The number of nitriles is 1. The van der Waals surface area contributed by atoms with E-state index in [1.807, 2.05) is 6.07 Å². The van der Waals surface area contributed by atoms with Gasteiger partial charge in [0.15, 0.2) is 11.5 Å². The summed E-state index contributed by atoms with van der Waals surface area (Å²) in [6.07, 6.45) is 2.70. The summed E-state index contributed by atoms with van der Waals surface area (Å²) in [6.45, 7) is -3.17. The first-order valence-electron chi connectivity index (χ1n) is 6.80. The van der Waals surface area contributed by atoms with Crippen molar-refractivity contribution in [2.75, 3.05) is 7.11 Å². The SMILES string of the molecule is COc1cc(/C=C(\C#N)c2ccccn2)c([N+](=O)[O-])cc1OC(F)F. The van der Waals surface area contributed by atoms with Gasteiger partial charge in [0.25, 0.3) is 5.69 Å². The third-order valence-corrected chi connectivity index (χ3v) is 3.09. The van der Waals surface area contributed by atoms with Crippen LogP contribution in [0.5, 0.6) is 11.5 Å². The van der Waals surface area contributed by atoms with Crippen LogP contribution in [-0.4, -0.2) is 23.6 Å². The predicted octanol–water partition coefficient (Wildman–Crippen LogP) is 3.66. The molecule has 2 rings (SSSR count). The molecule has 0 fully saturated rings. The fourth-order valence-corrected chi connectivity index (χ4v) is 2.03. The lowest BCUT2D eigenvalue weighted by Gasteiger charge is -2.11. The number of hydrogen-bond donors (Lipinski definition) is 0. The molecule has 0 aliphatic rings. The molecule has 25 heavy (non-hydrogen) atoms. The maximum absolute atomic E-state index is 12.4. The first-order valence-corrected chi connectivity index (χ1v) is 6.80. The Bertz CT molecular complexity index is 848. The van der Waals surface area contributed by atoms with Crippen molar-refractivity contribution in [3.63, 3.8) is 0 Å². The van der Waals surface area contributed by atoms with Gasteiger partial charge in [0, 0.05) is 6.20 Å². The van der Waals surface area contributed by atoms with Crippen LogP contribution in [-0.2, 0) is 0 Å². The predicted molar refractivity (Wildman–Crippen MR) is 84.0 cm³/mol. The average molecular weight is 347 g/mol. The summed E-state index contributed by atoms with van der Waals surface area (Å²) in [4.78, 5) is 14.5. The van der Waals surface area contributed by atoms with Crippen molar-refractivity contribution in [1.29, 1.82) is 5.26 Å². The molecule has 0 saturated heterocycles. The van der Waals surface area contributed by atoms with Gasteiger partial charge in [-0.1, -0.05) is 6.07 Å². The van der Waals surface area contributed by atoms with Crippen LogP contribution in [0.15, 0.2) is 36.5 Å². The van der Waals surface area contributed by atoms with Crippen LogP contribution >= 0.6 is 0 Å². The van der Waals surface area contributed by atoms with Gasteiger partial charge in [-0.15, -0.1) is 0 Å². The second-order valence-corrected chi connectivity index (χ2v) is 4.58. The fourth-order valence-electron chi connectivity index (χ4n) is 2.03. The molecular formula is C16H11F2N3O4. The van der Waals surface area contributed by atoms with Gasteiger partial charge in [0.2, 0.25) is 0 Å². The maximum atomic E-state index is 12.4. The molecule has 1 aromatic heterocycles. The van der Waals surface area contributed by atoms with Gasteiger partial charge in [-0.25, -0.2) is 0 Å². The van der Waals surface area contributed by atoms with E-state index in [4.69, 9.17) is 4.74 Å². The van der Waals surface area contributed by atoms with E-state index in [0.29, 0.717) is 5.69 Å². The first-order chi connectivity index (χ1) is 12.0. The average Bonchev–Trinajstić information content (AvgIpc) is 2.60. The van der Waals surface area contributed by atoms with Crippen molar-refractivity contribution in [2.24, 2.45) is 0 Å². The van der Waals surface area contributed by atoms with Crippen LogP contribution < -0.4 is 9.47 Å². The molecule has 0 bridgehead atoms. The number of pyridine rings is 1. The van der Waals surface area contributed by atoms with Crippen LogP contribution in [0, 0.1) is 21.4 Å². The Morgan fingerprint density at radius 2 is 2.16 bits per heavy atom. The van der Waals surface area contributed by atoms with Crippen LogP contribution in [0.25, 0.3) is 11.6 Å².